The second-order valence-corrected chi connectivity index (χ2v) is 3.10. The van der Waals surface area contributed by atoms with Crippen molar-refractivity contribution in [1.82, 2.24) is 9.97 Å². The monoisotopic (exact) mass is 204 g/mol. The summed E-state index contributed by atoms with van der Waals surface area (Å²) in [5, 5.41) is 8.60. The van der Waals surface area contributed by atoms with Crippen molar-refractivity contribution in [3.8, 4) is 0 Å². The smallest absolute Gasteiger partial charge is 0.126 e. The molecule has 0 aliphatic carbocycles. The molecule has 2 heterocycles. The molecule has 0 bridgehead atoms. The van der Waals surface area contributed by atoms with Crippen molar-refractivity contribution in [3.05, 3.63) is 47.9 Å². The van der Waals surface area contributed by atoms with Gasteiger partial charge in [0.1, 0.15) is 17.3 Å². The highest BCUT2D eigenvalue weighted by Gasteiger charge is 2.02. The fraction of sp³-hybridized carbons (Fsp3) is 0.182. The third-order valence-electron chi connectivity index (χ3n) is 1.97. The quantitative estimate of drug-likeness (QED) is 0.795. The Labute approximate surface area is 87.3 Å². The Hall–Kier alpha value is -1.81. The number of hydrogen-bond donors (Lipinski definition) is 2. The number of nitrogens with zero attached hydrogens (tertiary/aromatic N) is 1. The van der Waals surface area contributed by atoms with Gasteiger partial charge in [0, 0.05) is 12.4 Å². The van der Waals surface area contributed by atoms with Gasteiger partial charge in [0.15, 0.2) is 0 Å². The van der Waals surface area contributed by atoms with Gasteiger partial charge in [-0.25, -0.2) is 4.98 Å². The van der Waals surface area contributed by atoms with Gasteiger partial charge in [0.05, 0.1) is 13.0 Å². The van der Waals surface area contributed by atoms with Crippen molar-refractivity contribution in [2.75, 3.05) is 6.61 Å². The molecular formula is C11H12N2O2. The van der Waals surface area contributed by atoms with E-state index in [1.807, 2.05) is 12.1 Å². The lowest BCUT2D eigenvalue weighted by Crippen LogP contribution is -1.87. The van der Waals surface area contributed by atoms with Crippen molar-refractivity contribution in [1.29, 1.82) is 0 Å². The predicted octanol–water partition coefficient (Wildman–Crippen LogP) is 1.60. The summed E-state index contributed by atoms with van der Waals surface area (Å²) in [4.78, 5) is 7.12. The van der Waals surface area contributed by atoms with Gasteiger partial charge in [-0.3, -0.25) is 0 Å². The third-order valence-corrected chi connectivity index (χ3v) is 1.97. The topological polar surface area (TPSA) is 62.1 Å². The van der Waals surface area contributed by atoms with Crippen molar-refractivity contribution < 1.29 is 9.52 Å². The molecule has 4 heteroatoms. The van der Waals surface area contributed by atoms with Gasteiger partial charge in [-0.05, 0) is 18.2 Å². The van der Waals surface area contributed by atoms with E-state index in [0.29, 0.717) is 6.42 Å². The molecule has 15 heavy (non-hydrogen) atoms. The van der Waals surface area contributed by atoms with Gasteiger partial charge in [0.25, 0.3) is 0 Å². The van der Waals surface area contributed by atoms with E-state index >= 15 is 0 Å². The average Bonchev–Trinajstić information content (AvgIpc) is 2.87. The first kappa shape index (κ1) is 9.73. The molecule has 0 aromatic carbocycles. The summed E-state index contributed by atoms with van der Waals surface area (Å²) < 4.78 is 5.50. The first-order valence-electron chi connectivity index (χ1n) is 4.73. The molecular weight excluding hydrogens is 192 g/mol. The predicted molar refractivity (Wildman–Crippen MR) is 56.2 cm³/mol. The number of aliphatic hydroxyl groups is 1. The molecule has 2 aromatic heterocycles. The third kappa shape index (κ3) is 2.57. The first-order chi connectivity index (χ1) is 7.38. The van der Waals surface area contributed by atoms with Gasteiger partial charge >= 0.3 is 0 Å². The molecule has 0 fully saturated rings. The number of aromatic amines is 1. The lowest BCUT2D eigenvalue weighted by molar-refractivity contribution is 0.343. The van der Waals surface area contributed by atoms with Crippen LogP contribution in [0.1, 0.15) is 17.3 Å². The van der Waals surface area contributed by atoms with Gasteiger partial charge in [0.2, 0.25) is 0 Å². The summed E-state index contributed by atoms with van der Waals surface area (Å²) >= 11 is 0. The summed E-state index contributed by atoms with van der Waals surface area (Å²) in [5.74, 6) is 2.47. The van der Waals surface area contributed by atoms with E-state index in [1.54, 1.807) is 24.5 Å². The normalized spacial score (nSPS) is 11.3. The maximum absolute atomic E-state index is 8.60. The lowest BCUT2D eigenvalue weighted by Gasteiger charge is -1.91. The van der Waals surface area contributed by atoms with E-state index in [0.717, 1.165) is 17.3 Å². The van der Waals surface area contributed by atoms with E-state index in [4.69, 9.17) is 9.52 Å². The van der Waals surface area contributed by atoms with Crippen LogP contribution < -0.4 is 0 Å². The molecule has 0 saturated heterocycles. The standard InChI is InChI=1S/C11H12N2O2/c14-7-1-2-9-3-4-10(15-9)8-11-12-5-6-13-11/h1-6,14H,7-8H2,(H,12,13). The summed E-state index contributed by atoms with van der Waals surface area (Å²) in [6, 6.07) is 3.77. The van der Waals surface area contributed by atoms with Crippen LogP contribution >= 0.6 is 0 Å². The van der Waals surface area contributed by atoms with Crippen molar-refractivity contribution in [2.24, 2.45) is 0 Å². The van der Waals surface area contributed by atoms with Crippen molar-refractivity contribution in [3.63, 3.8) is 0 Å². The van der Waals surface area contributed by atoms with E-state index in [1.165, 1.54) is 0 Å². The maximum atomic E-state index is 8.60. The Morgan fingerprint density at radius 1 is 1.47 bits per heavy atom. The fourth-order valence-electron chi connectivity index (χ4n) is 1.31. The zero-order chi connectivity index (χ0) is 10.5. The van der Waals surface area contributed by atoms with Crippen LogP contribution in [-0.4, -0.2) is 21.7 Å². The molecule has 0 radical (unpaired) electrons. The number of imidazole rings is 1. The second kappa shape index (κ2) is 4.61. The minimum absolute atomic E-state index is 0.0220. The van der Waals surface area contributed by atoms with Gasteiger partial charge in [-0.2, -0.15) is 0 Å². The fourth-order valence-corrected chi connectivity index (χ4v) is 1.31. The Kier molecular flexibility index (Phi) is 2.99. The Balaban J connectivity index is 2.04. The molecule has 0 amide bonds. The molecule has 0 aliphatic heterocycles. The first-order valence-corrected chi connectivity index (χ1v) is 4.73. The Bertz CT molecular complexity index is 429. The zero-order valence-electron chi connectivity index (χ0n) is 8.18. The van der Waals surface area contributed by atoms with Gasteiger partial charge in [-0.1, -0.05) is 6.08 Å². The number of furan rings is 1. The molecule has 0 atom stereocenters. The van der Waals surface area contributed by atoms with E-state index in [-0.39, 0.29) is 6.61 Å². The zero-order valence-corrected chi connectivity index (χ0v) is 8.18. The summed E-state index contributed by atoms with van der Waals surface area (Å²) in [6.45, 7) is 0.0220. The van der Waals surface area contributed by atoms with Crippen LogP contribution in [0.4, 0.5) is 0 Å². The summed E-state index contributed by atoms with van der Waals surface area (Å²) in [5.41, 5.74) is 0. The minimum atomic E-state index is 0.0220. The Morgan fingerprint density at radius 3 is 3.13 bits per heavy atom. The molecule has 78 valence electrons. The molecule has 0 saturated carbocycles. The van der Waals surface area contributed by atoms with Crippen LogP contribution in [0, 0.1) is 0 Å². The number of aliphatic hydroxyl groups excluding tert-OH is 1. The minimum Gasteiger partial charge on any atom is -0.461 e. The molecule has 2 aromatic rings. The largest absolute Gasteiger partial charge is 0.461 e. The van der Waals surface area contributed by atoms with Crippen LogP contribution in [-0.2, 0) is 6.42 Å². The highest BCUT2D eigenvalue weighted by molar-refractivity contribution is 5.42. The number of nitrogens with one attached hydrogen (secondary N) is 1. The van der Waals surface area contributed by atoms with Crippen LogP contribution in [0.3, 0.4) is 0 Å². The maximum Gasteiger partial charge on any atom is 0.126 e. The molecule has 0 spiro atoms. The highest BCUT2D eigenvalue weighted by Crippen LogP contribution is 2.12. The number of aromatic nitrogens is 2. The molecule has 4 nitrogen and oxygen atoms in total. The summed E-state index contributed by atoms with van der Waals surface area (Å²) in [7, 11) is 0. The Morgan fingerprint density at radius 2 is 2.40 bits per heavy atom. The van der Waals surface area contributed by atoms with Gasteiger partial charge in [-0.15, -0.1) is 0 Å². The highest BCUT2D eigenvalue weighted by atomic mass is 16.3. The van der Waals surface area contributed by atoms with Gasteiger partial charge < -0.3 is 14.5 Å². The molecule has 0 aliphatic rings. The van der Waals surface area contributed by atoms with Crippen molar-refractivity contribution in [2.45, 2.75) is 6.42 Å². The number of H-pyrrole nitrogens is 1. The number of hydrogen-bond acceptors (Lipinski definition) is 3. The van der Waals surface area contributed by atoms with Crippen LogP contribution in [0.5, 0.6) is 0 Å². The van der Waals surface area contributed by atoms with E-state index in [2.05, 4.69) is 9.97 Å². The van der Waals surface area contributed by atoms with Crippen LogP contribution in [0.2, 0.25) is 0 Å². The van der Waals surface area contributed by atoms with E-state index < -0.39 is 0 Å². The molecule has 2 rings (SSSR count). The average molecular weight is 204 g/mol. The van der Waals surface area contributed by atoms with Crippen molar-refractivity contribution >= 4 is 6.08 Å². The SMILES string of the molecule is OCC=Cc1ccc(Cc2ncc[nH]2)o1. The lowest BCUT2D eigenvalue weighted by atomic mass is 10.3. The molecule has 0 unspecified atom stereocenters. The van der Waals surface area contributed by atoms with E-state index in [9.17, 15) is 0 Å². The molecule has 2 N–H and O–H groups in total. The van der Waals surface area contributed by atoms with Crippen LogP contribution in [0.25, 0.3) is 6.08 Å². The second-order valence-electron chi connectivity index (χ2n) is 3.10. The van der Waals surface area contributed by atoms with Crippen LogP contribution in [0.15, 0.2) is 35.0 Å². The summed E-state index contributed by atoms with van der Waals surface area (Å²) in [6.07, 6.45) is 7.52. The number of rotatable bonds is 4.